The van der Waals surface area contributed by atoms with E-state index in [9.17, 15) is 4.79 Å². The van der Waals surface area contributed by atoms with Crippen molar-refractivity contribution in [3.63, 3.8) is 0 Å². The van der Waals surface area contributed by atoms with Crippen molar-refractivity contribution in [3.8, 4) is 0 Å². The lowest BCUT2D eigenvalue weighted by Gasteiger charge is -2.19. The molecule has 0 spiro atoms. The fourth-order valence-corrected chi connectivity index (χ4v) is 3.14. The molecule has 0 aliphatic rings. The number of nitrogens with one attached hydrogen (secondary N) is 1. The van der Waals surface area contributed by atoms with Gasteiger partial charge in [0.1, 0.15) is 0 Å². The highest BCUT2D eigenvalue weighted by Gasteiger charge is 2.18. The van der Waals surface area contributed by atoms with Crippen molar-refractivity contribution in [2.24, 2.45) is 0 Å². The Morgan fingerprint density at radius 3 is 1.89 bits per heavy atom. The minimum absolute atomic E-state index is 0.0620. The van der Waals surface area contributed by atoms with Gasteiger partial charge in [-0.2, -0.15) is 0 Å². The fraction of sp³-hybridized carbons (Fsp3) is 0.435. The summed E-state index contributed by atoms with van der Waals surface area (Å²) in [6, 6.07) is 20.4. The molecule has 27 heavy (non-hydrogen) atoms. The molecule has 0 radical (unpaired) electrons. The van der Waals surface area contributed by atoms with E-state index in [1.54, 1.807) is 0 Å². The van der Waals surface area contributed by atoms with Crippen LogP contribution in [0.5, 0.6) is 0 Å². The number of hydrogen-bond donors (Lipinski definition) is 1. The molecule has 0 aliphatic heterocycles. The maximum Gasteiger partial charge on any atom is 0.220 e. The molecule has 0 fully saturated rings. The van der Waals surface area contributed by atoms with Gasteiger partial charge in [-0.05, 0) is 31.4 Å². The van der Waals surface area contributed by atoms with Crippen LogP contribution in [0.25, 0.3) is 0 Å². The Hall–Kier alpha value is -2.17. The number of carbonyl (C=O) groups is 1. The zero-order valence-corrected chi connectivity index (χ0v) is 16.4. The van der Waals surface area contributed by atoms with E-state index in [0.29, 0.717) is 26.2 Å². The molecule has 0 unspecified atom stereocenters. The van der Waals surface area contributed by atoms with E-state index >= 15 is 0 Å². The first-order chi connectivity index (χ1) is 13.2. The Labute approximate surface area is 162 Å². The molecule has 4 nitrogen and oxygen atoms in total. The SMILES string of the molecule is CCOC(CCCNC(=O)CC(c1ccccc1)c1ccccc1)OCC. The van der Waals surface area contributed by atoms with E-state index < -0.39 is 0 Å². The Morgan fingerprint density at radius 1 is 0.889 bits per heavy atom. The average Bonchev–Trinajstić information content (AvgIpc) is 2.71. The summed E-state index contributed by atoms with van der Waals surface area (Å²) in [7, 11) is 0. The fourth-order valence-electron chi connectivity index (χ4n) is 3.14. The topological polar surface area (TPSA) is 47.6 Å². The molecule has 2 aromatic carbocycles. The molecule has 2 aromatic rings. The van der Waals surface area contributed by atoms with Crippen molar-refractivity contribution in [1.29, 1.82) is 0 Å². The van der Waals surface area contributed by atoms with Gasteiger partial charge in [0.15, 0.2) is 6.29 Å². The summed E-state index contributed by atoms with van der Waals surface area (Å²) in [5, 5.41) is 3.04. The smallest absolute Gasteiger partial charge is 0.220 e. The monoisotopic (exact) mass is 369 g/mol. The predicted molar refractivity (Wildman–Crippen MR) is 109 cm³/mol. The molecule has 0 aliphatic carbocycles. The Bertz CT molecular complexity index is 600. The van der Waals surface area contributed by atoms with Crippen molar-refractivity contribution in [2.75, 3.05) is 19.8 Å². The standard InChI is InChI=1S/C23H31NO3/c1-3-26-23(27-4-2)16-11-17-24-22(25)18-21(19-12-7-5-8-13-19)20-14-9-6-10-15-20/h5-10,12-15,21,23H,3-4,11,16-18H2,1-2H3,(H,24,25). The predicted octanol–water partition coefficient (Wildman–Crippen LogP) is 4.50. The van der Waals surface area contributed by atoms with Crippen LogP contribution in [0.2, 0.25) is 0 Å². The lowest BCUT2D eigenvalue weighted by molar-refractivity contribution is -0.140. The summed E-state index contributed by atoms with van der Waals surface area (Å²) in [5.74, 6) is 0.129. The van der Waals surface area contributed by atoms with Crippen molar-refractivity contribution < 1.29 is 14.3 Å². The first-order valence-electron chi connectivity index (χ1n) is 9.84. The highest BCUT2D eigenvalue weighted by Crippen LogP contribution is 2.27. The van der Waals surface area contributed by atoms with Gasteiger partial charge in [-0.15, -0.1) is 0 Å². The number of rotatable bonds is 12. The molecule has 0 bridgehead atoms. The minimum atomic E-state index is -0.182. The van der Waals surface area contributed by atoms with Gasteiger partial charge < -0.3 is 14.8 Å². The van der Waals surface area contributed by atoms with Crippen LogP contribution >= 0.6 is 0 Å². The third kappa shape index (κ3) is 7.53. The van der Waals surface area contributed by atoms with Crippen LogP contribution in [0.4, 0.5) is 0 Å². The summed E-state index contributed by atoms with van der Waals surface area (Å²) in [4.78, 5) is 12.5. The molecular formula is C23H31NO3. The number of benzene rings is 2. The van der Waals surface area contributed by atoms with Gasteiger partial charge in [-0.3, -0.25) is 4.79 Å². The van der Waals surface area contributed by atoms with Crippen molar-refractivity contribution in [1.82, 2.24) is 5.32 Å². The van der Waals surface area contributed by atoms with E-state index in [1.807, 2.05) is 50.2 Å². The first kappa shape index (κ1) is 21.1. The second-order valence-electron chi connectivity index (χ2n) is 6.41. The van der Waals surface area contributed by atoms with Gasteiger partial charge in [0.25, 0.3) is 0 Å². The van der Waals surface area contributed by atoms with E-state index in [-0.39, 0.29) is 18.1 Å². The van der Waals surface area contributed by atoms with Gasteiger partial charge >= 0.3 is 0 Å². The van der Waals surface area contributed by atoms with Crippen molar-refractivity contribution in [2.45, 2.75) is 45.3 Å². The van der Waals surface area contributed by atoms with Crippen molar-refractivity contribution in [3.05, 3.63) is 71.8 Å². The molecule has 0 aromatic heterocycles. The Balaban J connectivity index is 1.87. The van der Waals surface area contributed by atoms with Crippen LogP contribution in [0.3, 0.4) is 0 Å². The second-order valence-corrected chi connectivity index (χ2v) is 6.41. The van der Waals surface area contributed by atoms with Crippen LogP contribution in [-0.2, 0) is 14.3 Å². The highest BCUT2D eigenvalue weighted by molar-refractivity contribution is 5.77. The van der Waals surface area contributed by atoms with E-state index in [2.05, 4.69) is 29.6 Å². The number of carbonyl (C=O) groups excluding carboxylic acids is 1. The minimum Gasteiger partial charge on any atom is -0.356 e. The quantitative estimate of drug-likeness (QED) is 0.442. The number of amides is 1. The van der Waals surface area contributed by atoms with E-state index in [4.69, 9.17) is 9.47 Å². The molecular weight excluding hydrogens is 338 g/mol. The average molecular weight is 370 g/mol. The van der Waals surface area contributed by atoms with Crippen LogP contribution in [0.15, 0.2) is 60.7 Å². The maximum atomic E-state index is 12.5. The molecule has 0 heterocycles. The zero-order chi connectivity index (χ0) is 19.3. The van der Waals surface area contributed by atoms with Gasteiger partial charge in [-0.1, -0.05) is 60.7 Å². The van der Waals surface area contributed by atoms with Gasteiger partial charge in [0.2, 0.25) is 5.91 Å². The van der Waals surface area contributed by atoms with Crippen LogP contribution in [0, 0.1) is 0 Å². The third-order valence-electron chi connectivity index (χ3n) is 4.44. The summed E-state index contributed by atoms with van der Waals surface area (Å²) in [6.45, 7) is 5.81. The van der Waals surface area contributed by atoms with Gasteiger partial charge in [0.05, 0.1) is 0 Å². The molecule has 2 rings (SSSR count). The van der Waals surface area contributed by atoms with E-state index in [1.165, 1.54) is 0 Å². The second kappa shape index (κ2) is 12.3. The normalized spacial score (nSPS) is 11.1. The van der Waals surface area contributed by atoms with Gasteiger partial charge in [-0.25, -0.2) is 0 Å². The molecule has 146 valence electrons. The third-order valence-corrected chi connectivity index (χ3v) is 4.44. The Morgan fingerprint density at radius 2 is 1.41 bits per heavy atom. The molecule has 0 atom stereocenters. The zero-order valence-electron chi connectivity index (χ0n) is 16.4. The van der Waals surface area contributed by atoms with Crippen LogP contribution in [-0.4, -0.2) is 32.0 Å². The first-order valence-corrected chi connectivity index (χ1v) is 9.84. The summed E-state index contributed by atoms with van der Waals surface area (Å²) >= 11 is 0. The van der Waals surface area contributed by atoms with Crippen LogP contribution < -0.4 is 5.32 Å². The largest absolute Gasteiger partial charge is 0.356 e. The van der Waals surface area contributed by atoms with E-state index in [0.717, 1.165) is 24.0 Å². The molecule has 4 heteroatoms. The van der Waals surface area contributed by atoms with Crippen molar-refractivity contribution >= 4 is 5.91 Å². The summed E-state index contributed by atoms with van der Waals surface area (Å²) in [6.07, 6.45) is 1.87. The van der Waals surface area contributed by atoms with Crippen LogP contribution in [0.1, 0.15) is 50.2 Å². The van der Waals surface area contributed by atoms with Gasteiger partial charge in [0, 0.05) is 38.5 Å². The summed E-state index contributed by atoms with van der Waals surface area (Å²) < 4.78 is 11.1. The highest BCUT2D eigenvalue weighted by atomic mass is 16.7. The lowest BCUT2D eigenvalue weighted by Crippen LogP contribution is -2.27. The maximum absolute atomic E-state index is 12.5. The molecule has 0 saturated heterocycles. The molecule has 0 saturated carbocycles. The molecule has 1 N–H and O–H groups in total. The molecule has 1 amide bonds. The number of hydrogen-bond acceptors (Lipinski definition) is 3. The summed E-state index contributed by atoms with van der Waals surface area (Å²) in [5.41, 5.74) is 2.32. The lowest BCUT2D eigenvalue weighted by atomic mass is 9.88. The Kier molecular flexibility index (Phi) is 9.60. The number of ether oxygens (including phenoxy) is 2.